The molecule has 5 nitrogen and oxygen atoms in total. The van der Waals surface area contributed by atoms with Crippen LogP contribution in [0.5, 0.6) is 0 Å². The van der Waals surface area contributed by atoms with Gasteiger partial charge in [0.2, 0.25) is 0 Å². The van der Waals surface area contributed by atoms with Crippen LogP contribution in [0.3, 0.4) is 0 Å². The molecule has 0 saturated heterocycles. The van der Waals surface area contributed by atoms with Gasteiger partial charge in [-0.2, -0.15) is 0 Å². The van der Waals surface area contributed by atoms with Crippen LogP contribution in [-0.2, 0) is 17.9 Å². The van der Waals surface area contributed by atoms with Gasteiger partial charge in [0.25, 0.3) is 0 Å². The molecule has 0 aliphatic carbocycles. The Labute approximate surface area is 94.3 Å². The number of carbonyl (C=O) groups is 1. The summed E-state index contributed by atoms with van der Waals surface area (Å²) in [4.78, 5) is 11.3. The van der Waals surface area contributed by atoms with Crippen molar-refractivity contribution in [3.05, 3.63) is 29.3 Å². The van der Waals surface area contributed by atoms with Crippen LogP contribution in [0, 0.1) is 0 Å². The average Bonchev–Trinajstić information content (AvgIpc) is 2.26. The molecule has 0 bridgehead atoms. The Hall–Kier alpha value is -1.31. The Morgan fingerprint density at radius 2 is 2.19 bits per heavy atom. The third-order valence-electron chi connectivity index (χ3n) is 1.86. The molecule has 3 N–H and O–H groups in total. The quantitative estimate of drug-likeness (QED) is 0.583. The number of alkyl halides is 1. The van der Waals surface area contributed by atoms with Gasteiger partial charge in [-0.3, -0.25) is 9.00 Å². The van der Waals surface area contributed by atoms with Crippen molar-refractivity contribution in [2.45, 2.75) is 6.67 Å². The minimum atomic E-state index is -2.52. The van der Waals surface area contributed by atoms with Crippen LogP contribution in [-0.4, -0.2) is 21.1 Å². The summed E-state index contributed by atoms with van der Waals surface area (Å²) in [5, 5.41) is 0. The number of nitrogens with one attached hydrogen (secondary N) is 1. The van der Waals surface area contributed by atoms with Crippen molar-refractivity contribution in [1.82, 2.24) is 0 Å². The van der Waals surface area contributed by atoms with Gasteiger partial charge in [-0.05, 0) is 23.8 Å². The van der Waals surface area contributed by atoms with Gasteiger partial charge in [-0.1, -0.05) is 0 Å². The lowest BCUT2D eigenvalue weighted by Gasteiger charge is -2.11. The SMILES string of the molecule is NCC(=O)c1cc(CF)cc(NS(=O)[O-])c1. The number of benzene rings is 1. The first-order valence-electron chi connectivity index (χ1n) is 4.36. The van der Waals surface area contributed by atoms with Gasteiger partial charge < -0.3 is 15.0 Å². The summed E-state index contributed by atoms with van der Waals surface area (Å²) in [5.74, 6) is -0.380. The molecule has 0 aliphatic heterocycles. The zero-order chi connectivity index (χ0) is 12.1. The van der Waals surface area contributed by atoms with Gasteiger partial charge in [-0.15, -0.1) is 0 Å². The molecule has 0 heterocycles. The smallest absolute Gasteiger partial charge is 0.176 e. The number of nitrogens with two attached hydrogens (primary N) is 1. The van der Waals surface area contributed by atoms with Gasteiger partial charge in [0.1, 0.15) is 6.67 Å². The van der Waals surface area contributed by atoms with Crippen LogP contribution in [0.2, 0.25) is 0 Å². The third kappa shape index (κ3) is 3.37. The fourth-order valence-corrected chi connectivity index (χ4v) is 1.51. The first-order valence-corrected chi connectivity index (χ1v) is 5.43. The molecule has 0 amide bonds. The van der Waals surface area contributed by atoms with E-state index in [-0.39, 0.29) is 29.1 Å². The van der Waals surface area contributed by atoms with Crippen LogP contribution >= 0.6 is 0 Å². The highest BCUT2D eigenvalue weighted by atomic mass is 32.2. The highest BCUT2D eigenvalue weighted by Crippen LogP contribution is 2.16. The Kier molecular flexibility index (Phi) is 4.53. The van der Waals surface area contributed by atoms with E-state index >= 15 is 0 Å². The lowest BCUT2D eigenvalue weighted by atomic mass is 10.1. The second kappa shape index (κ2) is 5.69. The summed E-state index contributed by atoms with van der Waals surface area (Å²) < 4.78 is 35.3. The van der Waals surface area contributed by atoms with Crippen LogP contribution in [0.25, 0.3) is 0 Å². The van der Waals surface area contributed by atoms with E-state index in [9.17, 15) is 17.9 Å². The number of hydrogen-bond donors (Lipinski definition) is 2. The van der Waals surface area contributed by atoms with E-state index in [1.165, 1.54) is 18.2 Å². The lowest BCUT2D eigenvalue weighted by Crippen LogP contribution is -2.14. The molecule has 7 heteroatoms. The van der Waals surface area contributed by atoms with Crippen LogP contribution in [0.4, 0.5) is 10.1 Å². The van der Waals surface area contributed by atoms with E-state index < -0.39 is 17.9 Å². The van der Waals surface area contributed by atoms with Crippen molar-refractivity contribution in [2.24, 2.45) is 5.73 Å². The standard InChI is InChI=1S/C9H11FN2O3S/c10-4-6-1-7(9(13)5-11)3-8(2-6)12-16(14)15/h1-3,12H,4-5,11H2,(H,14,15)/p-1. The normalized spacial score (nSPS) is 12.2. The zero-order valence-electron chi connectivity index (χ0n) is 8.23. The van der Waals surface area contributed by atoms with Gasteiger partial charge in [0, 0.05) is 22.5 Å². The van der Waals surface area contributed by atoms with Crippen LogP contribution in [0.15, 0.2) is 18.2 Å². The van der Waals surface area contributed by atoms with Crippen LogP contribution < -0.4 is 10.5 Å². The van der Waals surface area contributed by atoms with Gasteiger partial charge in [-0.25, -0.2) is 4.39 Å². The minimum absolute atomic E-state index is 0.139. The molecule has 0 aromatic heterocycles. The molecule has 0 radical (unpaired) electrons. The number of carbonyl (C=O) groups excluding carboxylic acids is 1. The molecule has 1 unspecified atom stereocenters. The lowest BCUT2D eigenvalue weighted by molar-refractivity contribution is 0.100. The molecule has 16 heavy (non-hydrogen) atoms. The molecular weight excluding hydrogens is 235 g/mol. The Morgan fingerprint density at radius 1 is 1.50 bits per heavy atom. The molecule has 0 spiro atoms. The number of Topliss-reactive ketones (excluding diaryl/α,β-unsaturated/α-hetero) is 1. The Balaban J connectivity index is 3.10. The molecule has 0 saturated carbocycles. The molecule has 1 aromatic carbocycles. The van der Waals surface area contributed by atoms with E-state index in [4.69, 9.17) is 5.73 Å². The number of ketones is 1. The van der Waals surface area contributed by atoms with E-state index in [2.05, 4.69) is 4.72 Å². The first kappa shape index (κ1) is 12.8. The summed E-state index contributed by atoms with van der Waals surface area (Å²) in [6.45, 7) is -0.999. The van der Waals surface area contributed by atoms with Crippen molar-refractivity contribution in [3.63, 3.8) is 0 Å². The van der Waals surface area contributed by atoms with Crippen molar-refractivity contribution >= 4 is 22.7 Å². The fourth-order valence-electron chi connectivity index (χ4n) is 1.20. The summed E-state index contributed by atoms with van der Waals surface area (Å²) in [5.41, 5.74) is 5.70. The van der Waals surface area contributed by atoms with E-state index in [0.717, 1.165) is 0 Å². The van der Waals surface area contributed by atoms with Crippen molar-refractivity contribution in [3.8, 4) is 0 Å². The number of rotatable bonds is 5. The number of halogens is 1. The van der Waals surface area contributed by atoms with Gasteiger partial charge in [0.15, 0.2) is 5.78 Å². The Bertz CT molecular complexity index is 425. The van der Waals surface area contributed by atoms with Crippen molar-refractivity contribution < 1.29 is 17.9 Å². The molecule has 1 rings (SSSR count). The zero-order valence-corrected chi connectivity index (χ0v) is 9.05. The molecule has 1 atom stereocenters. The first-order chi connectivity index (χ1) is 7.56. The topological polar surface area (TPSA) is 95.2 Å². The van der Waals surface area contributed by atoms with Crippen molar-refractivity contribution in [1.29, 1.82) is 0 Å². The summed E-state index contributed by atoms with van der Waals surface area (Å²) in [6.07, 6.45) is 0. The fraction of sp³-hybridized carbons (Fsp3) is 0.222. The second-order valence-electron chi connectivity index (χ2n) is 3.02. The maximum atomic E-state index is 12.5. The predicted octanol–water partition coefficient (Wildman–Crippen LogP) is 0.503. The average molecular weight is 245 g/mol. The predicted molar refractivity (Wildman–Crippen MR) is 57.2 cm³/mol. The monoisotopic (exact) mass is 245 g/mol. The largest absolute Gasteiger partial charge is 0.755 e. The summed E-state index contributed by atoms with van der Waals surface area (Å²) >= 11 is -2.52. The third-order valence-corrected chi connectivity index (χ3v) is 2.26. The van der Waals surface area contributed by atoms with Gasteiger partial charge >= 0.3 is 0 Å². The maximum absolute atomic E-state index is 12.5. The minimum Gasteiger partial charge on any atom is -0.755 e. The highest BCUT2D eigenvalue weighted by Gasteiger charge is 2.07. The molecule has 0 fully saturated rings. The summed E-state index contributed by atoms with van der Waals surface area (Å²) in [6, 6.07) is 3.96. The Morgan fingerprint density at radius 3 is 2.69 bits per heavy atom. The molecule has 88 valence electrons. The number of anilines is 1. The maximum Gasteiger partial charge on any atom is 0.176 e. The highest BCUT2D eigenvalue weighted by molar-refractivity contribution is 7.80. The van der Waals surface area contributed by atoms with E-state index in [0.29, 0.717) is 0 Å². The number of hydrogen-bond acceptors (Lipinski definition) is 4. The van der Waals surface area contributed by atoms with Gasteiger partial charge in [0.05, 0.1) is 6.54 Å². The van der Waals surface area contributed by atoms with Crippen molar-refractivity contribution in [2.75, 3.05) is 11.3 Å². The molecule has 1 aromatic rings. The second-order valence-corrected chi connectivity index (χ2v) is 3.69. The van der Waals surface area contributed by atoms with Crippen LogP contribution in [0.1, 0.15) is 15.9 Å². The van der Waals surface area contributed by atoms with E-state index in [1.807, 2.05) is 0 Å². The molecular formula is C9H10FN2O3S-. The molecule has 0 aliphatic rings. The van der Waals surface area contributed by atoms with E-state index in [1.54, 1.807) is 0 Å². The summed E-state index contributed by atoms with van der Waals surface area (Å²) in [7, 11) is 0.